The maximum Gasteiger partial charge on any atom is 0.126 e. The number of rotatable bonds is 3. The van der Waals surface area contributed by atoms with Gasteiger partial charge in [-0.25, -0.2) is 0 Å². The summed E-state index contributed by atoms with van der Waals surface area (Å²) in [5, 5.41) is 0.764. The average Bonchev–Trinajstić information content (AvgIpc) is 2.39. The zero-order chi connectivity index (χ0) is 13.2. The van der Waals surface area contributed by atoms with Crippen LogP contribution in [0.2, 0.25) is 5.02 Å². The Kier molecular flexibility index (Phi) is 3.26. The number of hydrogen-bond donors (Lipinski definition) is 0. The SMILES string of the molecule is O=CC1CN(c2ccc(-c3ccccc3Cl)cc2)C1. The Hall–Kier alpha value is -1.80. The van der Waals surface area contributed by atoms with Gasteiger partial charge in [0.05, 0.1) is 0 Å². The minimum atomic E-state index is 0.197. The summed E-state index contributed by atoms with van der Waals surface area (Å²) < 4.78 is 0. The first-order valence-corrected chi connectivity index (χ1v) is 6.71. The number of hydrogen-bond acceptors (Lipinski definition) is 2. The molecule has 0 aliphatic carbocycles. The third-order valence-electron chi connectivity index (χ3n) is 3.52. The Bertz CT molecular complexity index is 588. The van der Waals surface area contributed by atoms with Crippen molar-refractivity contribution >= 4 is 23.6 Å². The number of aldehydes is 1. The second kappa shape index (κ2) is 5.06. The molecule has 3 heteroatoms. The average molecular weight is 272 g/mol. The van der Waals surface area contributed by atoms with Gasteiger partial charge in [-0.05, 0) is 23.8 Å². The maximum absolute atomic E-state index is 10.6. The van der Waals surface area contributed by atoms with Crippen molar-refractivity contribution in [2.24, 2.45) is 5.92 Å². The third kappa shape index (κ3) is 2.36. The molecule has 2 aromatic rings. The van der Waals surface area contributed by atoms with Crippen LogP contribution >= 0.6 is 11.6 Å². The molecule has 1 saturated heterocycles. The molecule has 1 fully saturated rings. The van der Waals surface area contributed by atoms with Gasteiger partial charge in [-0.15, -0.1) is 0 Å². The molecule has 1 aliphatic rings. The summed E-state index contributed by atoms with van der Waals surface area (Å²) in [6, 6.07) is 16.1. The summed E-state index contributed by atoms with van der Waals surface area (Å²) in [4.78, 5) is 12.8. The second-order valence-corrected chi connectivity index (χ2v) is 5.24. The lowest BCUT2D eigenvalue weighted by molar-refractivity contribution is -0.111. The molecular formula is C16H14ClNO. The lowest BCUT2D eigenvalue weighted by Crippen LogP contribution is -2.47. The largest absolute Gasteiger partial charge is 0.370 e. The standard InChI is InChI=1S/C16H14ClNO/c17-16-4-2-1-3-15(16)13-5-7-14(8-6-13)18-9-12(10-18)11-19/h1-8,11-12H,9-10H2. The lowest BCUT2D eigenvalue weighted by atomic mass is 10.00. The molecule has 3 rings (SSSR count). The van der Waals surface area contributed by atoms with Crippen LogP contribution in [0.5, 0.6) is 0 Å². The fraction of sp³-hybridized carbons (Fsp3) is 0.188. The predicted molar refractivity (Wildman–Crippen MR) is 78.7 cm³/mol. The van der Waals surface area contributed by atoms with Gasteiger partial charge in [-0.2, -0.15) is 0 Å². The number of carbonyl (C=O) groups excluding carboxylic acids is 1. The number of carbonyl (C=O) groups is 1. The van der Waals surface area contributed by atoms with E-state index in [0.29, 0.717) is 0 Å². The van der Waals surface area contributed by atoms with Crippen molar-refractivity contribution in [2.75, 3.05) is 18.0 Å². The van der Waals surface area contributed by atoms with Crippen molar-refractivity contribution in [2.45, 2.75) is 0 Å². The van der Waals surface area contributed by atoms with Gasteiger partial charge < -0.3 is 9.69 Å². The van der Waals surface area contributed by atoms with E-state index in [1.165, 1.54) is 0 Å². The molecule has 0 amide bonds. The summed E-state index contributed by atoms with van der Waals surface area (Å²) in [5.74, 6) is 0.197. The summed E-state index contributed by atoms with van der Waals surface area (Å²) in [7, 11) is 0. The van der Waals surface area contributed by atoms with Crippen molar-refractivity contribution < 1.29 is 4.79 Å². The summed E-state index contributed by atoms with van der Waals surface area (Å²) >= 11 is 6.19. The van der Waals surface area contributed by atoms with Crippen molar-refractivity contribution in [1.29, 1.82) is 0 Å². The molecule has 0 radical (unpaired) electrons. The van der Waals surface area contributed by atoms with Gasteiger partial charge in [-0.1, -0.05) is 41.9 Å². The van der Waals surface area contributed by atoms with E-state index >= 15 is 0 Å². The van der Waals surface area contributed by atoms with Crippen LogP contribution in [0, 0.1) is 5.92 Å². The predicted octanol–water partition coefficient (Wildman–Crippen LogP) is 3.64. The molecular weight excluding hydrogens is 258 g/mol. The van der Waals surface area contributed by atoms with Crippen molar-refractivity contribution in [3.8, 4) is 11.1 Å². The summed E-state index contributed by atoms with van der Waals surface area (Å²) in [5.41, 5.74) is 3.32. The highest BCUT2D eigenvalue weighted by molar-refractivity contribution is 6.33. The van der Waals surface area contributed by atoms with Crippen molar-refractivity contribution in [3.63, 3.8) is 0 Å². The molecule has 1 heterocycles. The molecule has 19 heavy (non-hydrogen) atoms. The Balaban J connectivity index is 1.80. The van der Waals surface area contributed by atoms with Crippen molar-refractivity contribution in [1.82, 2.24) is 0 Å². The molecule has 0 unspecified atom stereocenters. The summed E-state index contributed by atoms with van der Waals surface area (Å²) in [6.45, 7) is 1.66. The Morgan fingerprint density at radius 2 is 1.74 bits per heavy atom. The van der Waals surface area contributed by atoms with E-state index in [1.807, 2.05) is 24.3 Å². The highest BCUT2D eigenvalue weighted by Crippen LogP contribution is 2.30. The van der Waals surface area contributed by atoms with Crippen LogP contribution in [0.15, 0.2) is 48.5 Å². The molecule has 1 aliphatic heterocycles. The first kappa shape index (κ1) is 12.2. The van der Waals surface area contributed by atoms with Crippen LogP contribution in [0.25, 0.3) is 11.1 Å². The minimum Gasteiger partial charge on any atom is -0.370 e. The van der Waals surface area contributed by atoms with Crippen LogP contribution in [0.4, 0.5) is 5.69 Å². The van der Waals surface area contributed by atoms with E-state index in [2.05, 4.69) is 29.2 Å². The molecule has 0 atom stereocenters. The third-order valence-corrected chi connectivity index (χ3v) is 3.85. The molecule has 2 nitrogen and oxygen atoms in total. The van der Waals surface area contributed by atoms with Gasteiger partial charge in [0.15, 0.2) is 0 Å². The van der Waals surface area contributed by atoms with E-state index in [9.17, 15) is 4.79 Å². The lowest BCUT2D eigenvalue weighted by Gasteiger charge is -2.38. The second-order valence-electron chi connectivity index (χ2n) is 4.83. The van der Waals surface area contributed by atoms with Gasteiger partial charge in [0.25, 0.3) is 0 Å². The van der Waals surface area contributed by atoms with Gasteiger partial charge in [-0.3, -0.25) is 0 Å². The molecule has 0 spiro atoms. The van der Waals surface area contributed by atoms with Gasteiger partial charge in [0.1, 0.15) is 6.29 Å². The zero-order valence-corrected chi connectivity index (χ0v) is 11.2. The number of anilines is 1. The number of nitrogens with zero attached hydrogens (tertiary/aromatic N) is 1. The van der Waals surface area contributed by atoms with Crippen LogP contribution in [0.3, 0.4) is 0 Å². The van der Waals surface area contributed by atoms with Crippen LogP contribution in [0.1, 0.15) is 0 Å². The molecule has 0 saturated carbocycles. The number of benzene rings is 2. The quantitative estimate of drug-likeness (QED) is 0.795. The zero-order valence-electron chi connectivity index (χ0n) is 10.4. The van der Waals surface area contributed by atoms with Crippen LogP contribution in [-0.2, 0) is 4.79 Å². The van der Waals surface area contributed by atoms with E-state index in [1.54, 1.807) is 0 Å². The molecule has 2 aromatic carbocycles. The molecule has 0 N–H and O–H groups in total. The van der Waals surface area contributed by atoms with Crippen LogP contribution in [-0.4, -0.2) is 19.4 Å². The smallest absolute Gasteiger partial charge is 0.126 e. The van der Waals surface area contributed by atoms with Crippen molar-refractivity contribution in [3.05, 3.63) is 53.6 Å². The van der Waals surface area contributed by atoms with E-state index in [-0.39, 0.29) is 5.92 Å². The summed E-state index contributed by atoms with van der Waals surface area (Å²) in [6.07, 6.45) is 1.04. The Morgan fingerprint density at radius 1 is 1.05 bits per heavy atom. The first-order chi connectivity index (χ1) is 9.28. The first-order valence-electron chi connectivity index (χ1n) is 6.33. The molecule has 0 bridgehead atoms. The van der Waals surface area contributed by atoms with Gasteiger partial charge in [0, 0.05) is 35.3 Å². The number of halogens is 1. The van der Waals surface area contributed by atoms with E-state index < -0.39 is 0 Å². The van der Waals surface area contributed by atoms with Crippen LogP contribution < -0.4 is 4.90 Å². The Labute approximate surface area is 117 Å². The fourth-order valence-electron chi connectivity index (χ4n) is 2.36. The highest BCUT2D eigenvalue weighted by Gasteiger charge is 2.25. The van der Waals surface area contributed by atoms with Gasteiger partial charge >= 0.3 is 0 Å². The maximum atomic E-state index is 10.6. The monoisotopic (exact) mass is 271 g/mol. The minimum absolute atomic E-state index is 0.197. The van der Waals surface area contributed by atoms with Gasteiger partial charge in [0.2, 0.25) is 0 Å². The van der Waals surface area contributed by atoms with E-state index in [4.69, 9.17) is 11.6 Å². The fourth-order valence-corrected chi connectivity index (χ4v) is 2.60. The normalized spacial score (nSPS) is 15.1. The highest BCUT2D eigenvalue weighted by atomic mass is 35.5. The molecule has 96 valence electrons. The van der Waals surface area contributed by atoms with E-state index in [0.717, 1.165) is 41.2 Å². The topological polar surface area (TPSA) is 20.3 Å². The Morgan fingerprint density at radius 3 is 2.37 bits per heavy atom. The molecule has 0 aromatic heterocycles.